The zero-order chi connectivity index (χ0) is 21.6. The topological polar surface area (TPSA) is 70.4 Å². The molecule has 0 bridgehead atoms. The molecule has 0 saturated heterocycles. The highest BCUT2D eigenvalue weighted by Gasteiger charge is 2.32. The first-order chi connectivity index (χ1) is 14.2. The van der Waals surface area contributed by atoms with Crippen molar-refractivity contribution in [2.75, 3.05) is 7.11 Å². The van der Waals surface area contributed by atoms with Crippen molar-refractivity contribution < 1.29 is 14.3 Å². The van der Waals surface area contributed by atoms with Crippen LogP contribution in [0.1, 0.15) is 36.8 Å². The molecule has 6 nitrogen and oxygen atoms in total. The summed E-state index contributed by atoms with van der Waals surface area (Å²) in [6, 6.07) is 7.70. The van der Waals surface area contributed by atoms with Gasteiger partial charge in [-0.2, -0.15) is 0 Å². The SMILES string of the molecule is COC(=O)[C@H](C)Sc1nc2sc3c(c2c(=O)n1-c1ccccc1C)CC(C)(C)OC3. The van der Waals surface area contributed by atoms with Crippen LogP contribution in [0.3, 0.4) is 0 Å². The number of nitrogens with zero attached hydrogens (tertiary/aromatic N) is 2. The third-order valence-corrected chi connectivity index (χ3v) is 7.38. The summed E-state index contributed by atoms with van der Waals surface area (Å²) in [5.74, 6) is -0.355. The van der Waals surface area contributed by atoms with Crippen molar-refractivity contribution in [1.82, 2.24) is 9.55 Å². The molecule has 0 radical (unpaired) electrons. The Bertz CT molecular complexity index is 1200. The monoisotopic (exact) mass is 444 g/mol. The molecule has 0 amide bonds. The average Bonchev–Trinajstić information content (AvgIpc) is 3.05. The Balaban J connectivity index is 1.99. The van der Waals surface area contributed by atoms with Gasteiger partial charge in [-0.25, -0.2) is 4.98 Å². The predicted octanol–water partition coefficient (Wildman–Crippen LogP) is 4.26. The molecule has 2 aromatic heterocycles. The van der Waals surface area contributed by atoms with E-state index in [0.29, 0.717) is 28.4 Å². The van der Waals surface area contributed by atoms with Crippen molar-refractivity contribution >= 4 is 39.3 Å². The maximum atomic E-state index is 13.8. The summed E-state index contributed by atoms with van der Waals surface area (Å²) >= 11 is 2.73. The van der Waals surface area contributed by atoms with Crippen LogP contribution in [0.4, 0.5) is 0 Å². The minimum Gasteiger partial charge on any atom is -0.468 e. The van der Waals surface area contributed by atoms with Gasteiger partial charge in [-0.05, 0) is 44.9 Å². The molecule has 4 rings (SSSR count). The molecule has 0 aliphatic carbocycles. The van der Waals surface area contributed by atoms with E-state index in [9.17, 15) is 9.59 Å². The van der Waals surface area contributed by atoms with E-state index in [2.05, 4.69) is 0 Å². The molecule has 1 aliphatic heterocycles. The Morgan fingerprint density at radius 3 is 2.80 bits per heavy atom. The van der Waals surface area contributed by atoms with E-state index >= 15 is 0 Å². The third-order valence-electron chi connectivity index (χ3n) is 5.25. The number of hydrogen-bond donors (Lipinski definition) is 0. The lowest BCUT2D eigenvalue weighted by molar-refractivity contribution is -0.139. The molecule has 1 atom stereocenters. The lowest BCUT2D eigenvalue weighted by Crippen LogP contribution is -2.32. The van der Waals surface area contributed by atoms with Crippen molar-refractivity contribution in [1.29, 1.82) is 0 Å². The largest absolute Gasteiger partial charge is 0.468 e. The molecule has 8 heteroatoms. The molecule has 0 unspecified atom stereocenters. The van der Waals surface area contributed by atoms with Crippen molar-refractivity contribution in [3.8, 4) is 5.69 Å². The van der Waals surface area contributed by atoms with Gasteiger partial charge in [0.25, 0.3) is 5.56 Å². The van der Waals surface area contributed by atoms with Crippen LogP contribution in [-0.4, -0.2) is 33.5 Å². The summed E-state index contributed by atoms with van der Waals surface area (Å²) in [5, 5.41) is 0.648. The van der Waals surface area contributed by atoms with Gasteiger partial charge in [-0.1, -0.05) is 30.0 Å². The van der Waals surface area contributed by atoms with Crippen molar-refractivity contribution in [2.24, 2.45) is 0 Å². The van der Waals surface area contributed by atoms with Crippen LogP contribution in [0.2, 0.25) is 0 Å². The van der Waals surface area contributed by atoms with Crippen LogP contribution in [0.5, 0.6) is 0 Å². The predicted molar refractivity (Wildman–Crippen MR) is 120 cm³/mol. The molecule has 158 valence electrons. The number of carbonyl (C=O) groups is 1. The first-order valence-corrected chi connectivity index (χ1v) is 11.4. The molecule has 0 N–H and O–H groups in total. The van der Waals surface area contributed by atoms with Gasteiger partial charge in [0.2, 0.25) is 0 Å². The lowest BCUT2D eigenvalue weighted by atomic mass is 9.94. The summed E-state index contributed by atoms with van der Waals surface area (Å²) in [5.41, 5.74) is 2.32. The van der Waals surface area contributed by atoms with Crippen LogP contribution < -0.4 is 5.56 Å². The van der Waals surface area contributed by atoms with Gasteiger partial charge in [0.15, 0.2) is 5.16 Å². The van der Waals surface area contributed by atoms with E-state index in [1.165, 1.54) is 30.2 Å². The minimum atomic E-state index is -0.494. The van der Waals surface area contributed by atoms with E-state index in [1.54, 1.807) is 11.5 Å². The van der Waals surface area contributed by atoms with E-state index in [4.69, 9.17) is 14.5 Å². The highest BCUT2D eigenvalue weighted by atomic mass is 32.2. The van der Waals surface area contributed by atoms with Gasteiger partial charge < -0.3 is 9.47 Å². The van der Waals surface area contributed by atoms with E-state index in [-0.39, 0.29) is 17.1 Å². The van der Waals surface area contributed by atoms with Crippen molar-refractivity contribution in [3.05, 3.63) is 50.6 Å². The zero-order valence-electron chi connectivity index (χ0n) is 17.6. The normalized spacial score (nSPS) is 16.3. The molecule has 1 aliphatic rings. The number of carbonyl (C=O) groups excluding carboxylic acids is 1. The van der Waals surface area contributed by atoms with Crippen LogP contribution in [0.15, 0.2) is 34.2 Å². The first-order valence-electron chi connectivity index (χ1n) is 9.73. The molecular weight excluding hydrogens is 420 g/mol. The van der Waals surface area contributed by atoms with Gasteiger partial charge in [0.05, 0.1) is 30.4 Å². The fraction of sp³-hybridized carbons (Fsp3) is 0.409. The number of aromatic nitrogens is 2. The Morgan fingerprint density at radius 1 is 1.37 bits per heavy atom. The van der Waals surface area contributed by atoms with Crippen LogP contribution in [0, 0.1) is 6.92 Å². The highest BCUT2D eigenvalue weighted by Crippen LogP contribution is 2.38. The molecule has 3 heterocycles. The quantitative estimate of drug-likeness (QED) is 0.340. The smallest absolute Gasteiger partial charge is 0.318 e. The summed E-state index contributed by atoms with van der Waals surface area (Å²) in [6.45, 7) is 8.27. The summed E-state index contributed by atoms with van der Waals surface area (Å²) in [4.78, 5) is 32.4. The number of fused-ring (bicyclic) bond motifs is 3. The second-order valence-electron chi connectivity index (χ2n) is 8.01. The highest BCUT2D eigenvalue weighted by molar-refractivity contribution is 8.00. The van der Waals surface area contributed by atoms with Crippen molar-refractivity contribution in [2.45, 2.75) is 56.7 Å². The number of esters is 1. The van der Waals surface area contributed by atoms with Gasteiger partial charge in [0, 0.05) is 11.3 Å². The Morgan fingerprint density at radius 2 is 2.10 bits per heavy atom. The number of ether oxygens (including phenoxy) is 2. The van der Waals surface area contributed by atoms with Crippen LogP contribution in [0.25, 0.3) is 15.9 Å². The number of thiophene rings is 1. The summed E-state index contributed by atoms with van der Waals surface area (Å²) in [7, 11) is 1.36. The maximum absolute atomic E-state index is 13.8. The van der Waals surface area contributed by atoms with Gasteiger partial charge in [-0.3, -0.25) is 14.2 Å². The molecule has 0 spiro atoms. The van der Waals surface area contributed by atoms with E-state index < -0.39 is 5.25 Å². The second-order valence-corrected chi connectivity index (χ2v) is 10.4. The first kappa shape index (κ1) is 21.1. The van der Waals surface area contributed by atoms with Crippen molar-refractivity contribution in [3.63, 3.8) is 0 Å². The number of hydrogen-bond acceptors (Lipinski definition) is 7. The molecule has 0 saturated carbocycles. The fourth-order valence-electron chi connectivity index (χ4n) is 3.65. The summed E-state index contributed by atoms with van der Waals surface area (Å²) in [6.07, 6.45) is 0.665. The number of rotatable bonds is 4. The zero-order valence-corrected chi connectivity index (χ0v) is 19.3. The van der Waals surface area contributed by atoms with Crippen LogP contribution in [-0.2, 0) is 27.3 Å². The van der Waals surface area contributed by atoms with E-state index in [1.807, 2.05) is 45.0 Å². The number of thioether (sulfide) groups is 1. The Labute approximate surface area is 183 Å². The number of aryl methyl sites for hydroxylation is 1. The van der Waals surface area contributed by atoms with Gasteiger partial charge in [-0.15, -0.1) is 11.3 Å². The standard InChI is InChI=1S/C22H24N2O4S2/c1-12-8-6-7-9-15(12)24-19(25)17-14-10-22(3,4)28-11-16(14)30-18(17)23-21(24)29-13(2)20(26)27-5/h6-9,13H,10-11H2,1-5H3/t13-/m0/s1. The number of para-hydroxylation sites is 1. The lowest BCUT2D eigenvalue weighted by Gasteiger charge is -2.30. The molecular formula is C22H24N2O4S2. The molecule has 30 heavy (non-hydrogen) atoms. The maximum Gasteiger partial charge on any atom is 0.318 e. The second kappa shape index (κ2) is 7.83. The van der Waals surface area contributed by atoms with Gasteiger partial charge in [0.1, 0.15) is 10.1 Å². The van der Waals surface area contributed by atoms with E-state index in [0.717, 1.165) is 21.7 Å². The molecule has 1 aromatic carbocycles. The Hall–Kier alpha value is -2.16. The average molecular weight is 445 g/mol. The summed E-state index contributed by atoms with van der Waals surface area (Å²) < 4.78 is 12.5. The van der Waals surface area contributed by atoms with Gasteiger partial charge >= 0.3 is 5.97 Å². The number of methoxy groups -OCH3 is 1. The fourth-order valence-corrected chi connectivity index (χ4v) is 5.74. The molecule has 0 fully saturated rings. The third kappa shape index (κ3) is 3.68. The molecule has 3 aromatic rings. The number of benzene rings is 1. The Kier molecular flexibility index (Phi) is 5.50. The van der Waals surface area contributed by atoms with Crippen LogP contribution >= 0.6 is 23.1 Å². The minimum absolute atomic E-state index is 0.107.